The first-order valence-corrected chi connectivity index (χ1v) is 6.96. The van der Waals surface area contributed by atoms with E-state index in [2.05, 4.69) is 27.7 Å². The molecule has 0 radical (unpaired) electrons. The van der Waals surface area contributed by atoms with Crippen LogP contribution in [-0.2, 0) is 0 Å². The lowest BCUT2D eigenvalue weighted by atomic mass is 9.79. The summed E-state index contributed by atoms with van der Waals surface area (Å²) in [5.74, 6) is 1.11. The zero-order chi connectivity index (χ0) is 14.2. The number of furan rings is 1. The SMILES string of the molecule is Cc1cccc2cc(C(O)CC(C)C(C)(C)C)oc12. The van der Waals surface area contributed by atoms with Gasteiger partial charge in [0.2, 0.25) is 0 Å². The highest BCUT2D eigenvalue weighted by atomic mass is 16.4. The average molecular weight is 260 g/mol. The molecule has 104 valence electrons. The molecule has 0 spiro atoms. The quantitative estimate of drug-likeness (QED) is 0.856. The summed E-state index contributed by atoms with van der Waals surface area (Å²) < 4.78 is 5.82. The molecule has 1 aromatic carbocycles. The Balaban J connectivity index is 2.22. The van der Waals surface area contributed by atoms with Crippen LogP contribution in [0.5, 0.6) is 0 Å². The number of aliphatic hydroxyl groups is 1. The zero-order valence-electron chi connectivity index (χ0n) is 12.5. The van der Waals surface area contributed by atoms with E-state index in [9.17, 15) is 5.11 Å². The van der Waals surface area contributed by atoms with Crippen molar-refractivity contribution in [2.24, 2.45) is 11.3 Å². The maximum atomic E-state index is 10.4. The Hall–Kier alpha value is -1.28. The van der Waals surface area contributed by atoms with Gasteiger partial charge in [0.05, 0.1) is 0 Å². The first kappa shape index (κ1) is 14.1. The van der Waals surface area contributed by atoms with Crippen molar-refractivity contribution < 1.29 is 9.52 Å². The summed E-state index contributed by atoms with van der Waals surface area (Å²) in [5.41, 5.74) is 2.20. The van der Waals surface area contributed by atoms with E-state index >= 15 is 0 Å². The summed E-state index contributed by atoms with van der Waals surface area (Å²) in [6.45, 7) is 10.8. The van der Waals surface area contributed by atoms with E-state index in [1.807, 2.05) is 31.2 Å². The summed E-state index contributed by atoms with van der Waals surface area (Å²) in [4.78, 5) is 0. The lowest BCUT2D eigenvalue weighted by Gasteiger charge is -2.28. The summed E-state index contributed by atoms with van der Waals surface area (Å²) in [6.07, 6.45) is 0.198. The van der Waals surface area contributed by atoms with Crippen molar-refractivity contribution in [2.45, 2.75) is 47.1 Å². The first-order valence-electron chi connectivity index (χ1n) is 6.96. The number of aryl methyl sites for hydroxylation is 1. The number of benzene rings is 1. The molecule has 0 saturated heterocycles. The van der Waals surface area contributed by atoms with Crippen LogP contribution < -0.4 is 0 Å². The number of hydrogen-bond acceptors (Lipinski definition) is 2. The van der Waals surface area contributed by atoms with Crippen molar-refractivity contribution in [2.75, 3.05) is 0 Å². The van der Waals surface area contributed by atoms with Crippen LogP contribution in [-0.4, -0.2) is 5.11 Å². The molecule has 0 fully saturated rings. The highest BCUT2D eigenvalue weighted by Gasteiger charge is 2.25. The third-order valence-corrected chi connectivity index (χ3v) is 4.14. The Kier molecular flexibility index (Phi) is 3.73. The van der Waals surface area contributed by atoms with Crippen molar-refractivity contribution >= 4 is 11.0 Å². The van der Waals surface area contributed by atoms with Crippen LogP contribution >= 0.6 is 0 Å². The molecule has 0 aliphatic carbocycles. The molecule has 2 rings (SSSR count). The second-order valence-corrected chi connectivity index (χ2v) is 6.66. The third-order valence-electron chi connectivity index (χ3n) is 4.14. The predicted molar refractivity (Wildman–Crippen MR) is 79.1 cm³/mol. The summed E-state index contributed by atoms with van der Waals surface area (Å²) >= 11 is 0. The lowest BCUT2D eigenvalue weighted by Crippen LogP contribution is -2.19. The lowest BCUT2D eigenvalue weighted by molar-refractivity contribution is 0.0939. The second-order valence-electron chi connectivity index (χ2n) is 6.66. The van der Waals surface area contributed by atoms with E-state index in [0.717, 1.165) is 23.0 Å². The van der Waals surface area contributed by atoms with Crippen molar-refractivity contribution in [1.29, 1.82) is 0 Å². The van der Waals surface area contributed by atoms with Gasteiger partial charge in [0, 0.05) is 5.39 Å². The highest BCUT2D eigenvalue weighted by molar-refractivity contribution is 5.80. The highest BCUT2D eigenvalue weighted by Crippen LogP contribution is 2.35. The normalized spacial score (nSPS) is 15.7. The number of para-hydroxylation sites is 1. The van der Waals surface area contributed by atoms with E-state index in [1.54, 1.807) is 0 Å². The summed E-state index contributed by atoms with van der Waals surface area (Å²) in [5, 5.41) is 11.4. The van der Waals surface area contributed by atoms with Gasteiger partial charge in [-0.3, -0.25) is 0 Å². The van der Waals surface area contributed by atoms with Crippen LogP contribution in [0.25, 0.3) is 11.0 Å². The van der Waals surface area contributed by atoms with Gasteiger partial charge in [0.25, 0.3) is 0 Å². The molecule has 2 aromatic rings. The number of hydrogen-bond donors (Lipinski definition) is 1. The minimum absolute atomic E-state index is 0.197. The van der Waals surface area contributed by atoms with Gasteiger partial charge in [-0.05, 0) is 36.3 Å². The van der Waals surface area contributed by atoms with E-state index in [1.165, 1.54) is 0 Å². The van der Waals surface area contributed by atoms with Crippen LogP contribution in [0.3, 0.4) is 0 Å². The molecular formula is C17H24O2. The van der Waals surface area contributed by atoms with Crippen molar-refractivity contribution in [1.82, 2.24) is 0 Å². The van der Waals surface area contributed by atoms with E-state index in [4.69, 9.17) is 4.42 Å². The van der Waals surface area contributed by atoms with Gasteiger partial charge in [0.15, 0.2) is 0 Å². The fraction of sp³-hybridized carbons (Fsp3) is 0.529. The Bertz CT molecular complexity index is 560. The predicted octanol–water partition coefficient (Wildman–Crippen LogP) is 4.85. The molecular weight excluding hydrogens is 236 g/mol. The Morgan fingerprint density at radius 1 is 1.26 bits per heavy atom. The van der Waals surface area contributed by atoms with Gasteiger partial charge in [0.1, 0.15) is 17.4 Å². The Morgan fingerprint density at radius 3 is 2.53 bits per heavy atom. The monoisotopic (exact) mass is 260 g/mol. The molecule has 2 unspecified atom stereocenters. The van der Waals surface area contributed by atoms with E-state index < -0.39 is 6.10 Å². The molecule has 0 bridgehead atoms. The molecule has 2 heteroatoms. The van der Waals surface area contributed by atoms with Gasteiger partial charge >= 0.3 is 0 Å². The molecule has 1 N–H and O–H groups in total. The van der Waals surface area contributed by atoms with E-state index in [-0.39, 0.29) is 5.41 Å². The largest absolute Gasteiger partial charge is 0.458 e. The van der Waals surface area contributed by atoms with Gasteiger partial charge in [-0.15, -0.1) is 0 Å². The summed E-state index contributed by atoms with van der Waals surface area (Å²) in [6, 6.07) is 8.03. The number of aliphatic hydroxyl groups excluding tert-OH is 1. The molecule has 2 nitrogen and oxygen atoms in total. The molecule has 0 saturated carbocycles. The van der Waals surface area contributed by atoms with Gasteiger partial charge < -0.3 is 9.52 Å². The van der Waals surface area contributed by atoms with Crippen LogP contribution in [0.15, 0.2) is 28.7 Å². The smallest absolute Gasteiger partial charge is 0.137 e. The van der Waals surface area contributed by atoms with Crippen molar-refractivity contribution in [3.05, 3.63) is 35.6 Å². The Labute approximate surface area is 115 Å². The molecule has 2 atom stereocenters. The van der Waals surface area contributed by atoms with Crippen molar-refractivity contribution in [3.8, 4) is 0 Å². The second kappa shape index (κ2) is 5.01. The first-order chi connectivity index (χ1) is 8.79. The van der Waals surface area contributed by atoms with Gasteiger partial charge in [-0.2, -0.15) is 0 Å². The van der Waals surface area contributed by atoms with Gasteiger partial charge in [-0.25, -0.2) is 0 Å². The fourth-order valence-corrected chi connectivity index (χ4v) is 2.20. The standard InChI is InChI=1S/C17H24O2/c1-11-7-6-8-13-10-15(19-16(11)13)14(18)9-12(2)17(3,4)5/h6-8,10,12,14,18H,9H2,1-5H3. The maximum Gasteiger partial charge on any atom is 0.137 e. The number of fused-ring (bicyclic) bond motifs is 1. The molecule has 1 heterocycles. The van der Waals surface area contributed by atoms with Crippen LogP contribution in [0.4, 0.5) is 0 Å². The Morgan fingerprint density at radius 2 is 1.95 bits per heavy atom. The molecule has 0 aliphatic rings. The third kappa shape index (κ3) is 3.01. The zero-order valence-corrected chi connectivity index (χ0v) is 12.5. The molecule has 19 heavy (non-hydrogen) atoms. The molecule has 1 aromatic heterocycles. The molecule has 0 aliphatic heterocycles. The van der Waals surface area contributed by atoms with Crippen LogP contribution in [0, 0.1) is 18.3 Å². The van der Waals surface area contributed by atoms with Gasteiger partial charge in [-0.1, -0.05) is 45.9 Å². The minimum atomic E-state index is -0.527. The fourth-order valence-electron chi connectivity index (χ4n) is 2.20. The van der Waals surface area contributed by atoms with Crippen molar-refractivity contribution in [3.63, 3.8) is 0 Å². The maximum absolute atomic E-state index is 10.4. The number of rotatable bonds is 3. The van der Waals surface area contributed by atoms with Crippen LogP contribution in [0.1, 0.15) is 51.5 Å². The minimum Gasteiger partial charge on any atom is -0.458 e. The topological polar surface area (TPSA) is 33.4 Å². The van der Waals surface area contributed by atoms with E-state index in [0.29, 0.717) is 11.7 Å². The molecule has 0 amide bonds. The van der Waals surface area contributed by atoms with Crippen LogP contribution in [0.2, 0.25) is 0 Å². The summed E-state index contributed by atoms with van der Waals surface area (Å²) in [7, 11) is 0. The average Bonchev–Trinajstić information content (AvgIpc) is 2.73.